The standard InChI is InChI=1S/C14H7Br4N3O4/c15-8-6-7(9(16)11(18)10(8)17)13(23)21(12(6)22)5(14(24)25)1-4-2-19-3-20-4/h2-3,5H,1H2,(H,19,20)(H,24,25)/t5-/m0/s1. The van der Waals surface area contributed by atoms with Crippen molar-refractivity contribution in [2.24, 2.45) is 0 Å². The lowest BCUT2D eigenvalue weighted by molar-refractivity contribution is -0.141. The molecule has 1 aromatic heterocycles. The van der Waals surface area contributed by atoms with Gasteiger partial charge >= 0.3 is 5.97 Å². The van der Waals surface area contributed by atoms with Crippen LogP contribution >= 0.6 is 63.7 Å². The highest BCUT2D eigenvalue weighted by Gasteiger charge is 2.46. The Morgan fingerprint density at radius 3 is 2.00 bits per heavy atom. The van der Waals surface area contributed by atoms with Crippen molar-refractivity contribution in [2.45, 2.75) is 12.5 Å². The molecule has 2 amide bonds. The smallest absolute Gasteiger partial charge is 0.327 e. The Morgan fingerprint density at radius 1 is 1.08 bits per heavy atom. The number of halogens is 4. The molecule has 3 rings (SSSR count). The Hall–Kier alpha value is -1.04. The fraction of sp³-hybridized carbons (Fsp3) is 0.143. The van der Waals surface area contributed by atoms with Gasteiger partial charge in [-0.3, -0.25) is 14.5 Å². The minimum Gasteiger partial charge on any atom is -0.480 e. The van der Waals surface area contributed by atoms with E-state index in [4.69, 9.17) is 0 Å². The van der Waals surface area contributed by atoms with Crippen LogP contribution in [0.3, 0.4) is 0 Å². The number of rotatable bonds is 4. The second kappa shape index (κ2) is 6.93. The SMILES string of the molecule is O=C(O)[C@H](Cc1cnc[nH]1)N1C(=O)c2c(Br)c(Br)c(Br)c(Br)c2C1=O. The Labute approximate surface area is 174 Å². The van der Waals surface area contributed by atoms with Crippen molar-refractivity contribution in [3.8, 4) is 0 Å². The van der Waals surface area contributed by atoms with Gasteiger partial charge in [-0.25, -0.2) is 9.78 Å². The third-order valence-corrected chi connectivity index (χ3v) is 8.47. The van der Waals surface area contributed by atoms with Crippen LogP contribution in [0.1, 0.15) is 26.4 Å². The van der Waals surface area contributed by atoms with Crippen LogP contribution in [0.4, 0.5) is 0 Å². The van der Waals surface area contributed by atoms with Crippen molar-refractivity contribution in [1.82, 2.24) is 14.9 Å². The number of fused-ring (bicyclic) bond motifs is 1. The van der Waals surface area contributed by atoms with Gasteiger partial charge in [-0.2, -0.15) is 0 Å². The number of imide groups is 1. The van der Waals surface area contributed by atoms with Gasteiger partial charge in [0.2, 0.25) is 0 Å². The number of hydrogen-bond acceptors (Lipinski definition) is 4. The summed E-state index contributed by atoms with van der Waals surface area (Å²) in [6.07, 6.45) is 2.78. The second-order valence-electron chi connectivity index (χ2n) is 5.12. The first kappa shape index (κ1) is 18.7. The molecule has 11 heteroatoms. The van der Waals surface area contributed by atoms with E-state index in [1.807, 2.05) is 0 Å². The lowest BCUT2D eigenvalue weighted by Gasteiger charge is -2.22. The van der Waals surface area contributed by atoms with E-state index in [9.17, 15) is 19.5 Å². The molecule has 2 N–H and O–H groups in total. The zero-order valence-corrected chi connectivity index (χ0v) is 18.4. The Balaban J connectivity index is 2.11. The number of benzene rings is 1. The molecule has 130 valence electrons. The molecule has 2 heterocycles. The maximum Gasteiger partial charge on any atom is 0.327 e. The predicted octanol–water partition coefficient (Wildman–Crippen LogP) is 3.75. The summed E-state index contributed by atoms with van der Waals surface area (Å²) in [6.45, 7) is 0. The van der Waals surface area contributed by atoms with E-state index >= 15 is 0 Å². The van der Waals surface area contributed by atoms with Gasteiger partial charge in [-0.05, 0) is 63.7 Å². The first-order valence-corrected chi connectivity index (χ1v) is 9.86. The summed E-state index contributed by atoms with van der Waals surface area (Å²) < 4.78 is 1.84. The number of imidazole rings is 1. The first-order valence-electron chi connectivity index (χ1n) is 6.69. The zero-order chi connectivity index (χ0) is 18.5. The average Bonchev–Trinajstić information content (AvgIpc) is 3.15. The van der Waals surface area contributed by atoms with E-state index in [1.165, 1.54) is 12.5 Å². The summed E-state index contributed by atoms with van der Waals surface area (Å²) in [5.74, 6) is -2.63. The molecule has 0 bridgehead atoms. The lowest BCUT2D eigenvalue weighted by Crippen LogP contribution is -2.46. The van der Waals surface area contributed by atoms with E-state index in [1.54, 1.807) is 0 Å². The van der Waals surface area contributed by atoms with Crippen molar-refractivity contribution in [2.75, 3.05) is 0 Å². The number of aliphatic carboxylic acids is 1. The number of carbonyl (C=O) groups is 3. The molecule has 1 aliphatic heterocycles. The molecule has 25 heavy (non-hydrogen) atoms. The van der Waals surface area contributed by atoms with E-state index in [0.29, 0.717) is 23.6 Å². The molecule has 0 fully saturated rings. The van der Waals surface area contributed by atoms with Gasteiger partial charge in [0.15, 0.2) is 0 Å². The molecule has 7 nitrogen and oxygen atoms in total. The molecule has 1 aromatic carbocycles. The number of carboxylic acids is 1. The van der Waals surface area contributed by atoms with Crippen LogP contribution < -0.4 is 0 Å². The van der Waals surface area contributed by atoms with Crippen LogP contribution in [-0.2, 0) is 11.2 Å². The second-order valence-corrected chi connectivity index (χ2v) is 8.29. The van der Waals surface area contributed by atoms with Crippen molar-refractivity contribution in [3.63, 3.8) is 0 Å². The minimum atomic E-state index is -1.36. The van der Waals surface area contributed by atoms with E-state index < -0.39 is 23.8 Å². The highest BCUT2D eigenvalue weighted by molar-refractivity contribution is 9.15. The van der Waals surface area contributed by atoms with Crippen LogP contribution in [0.25, 0.3) is 0 Å². The molecule has 0 saturated heterocycles. The van der Waals surface area contributed by atoms with Gasteiger partial charge in [-0.1, -0.05) is 0 Å². The fourth-order valence-corrected chi connectivity index (χ4v) is 5.00. The molecule has 0 spiro atoms. The fourth-order valence-electron chi connectivity index (χ4n) is 2.54. The number of aromatic nitrogens is 2. The van der Waals surface area contributed by atoms with E-state index in [-0.39, 0.29) is 17.5 Å². The van der Waals surface area contributed by atoms with E-state index in [2.05, 4.69) is 73.7 Å². The number of carboxylic acid groups (broad SMARTS) is 1. The van der Waals surface area contributed by atoms with Gasteiger partial charge in [0, 0.05) is 36.2 Å². The minimum absolute atomic E-state index is 0.0711. The first-order chi connectivity index (χ1) is 11.8. The van der Waals surface area contributed by atoms with Crippen molar-refractivity contribution < 1.29 is 19.5 Å². The zero-order valence-electron chi connectivity index (χ0n) is 12.0. The maximum absolute atomic E-state index is 12.8. The summed E-state index contributed by atoms with van der Waals surface area (Å²) in [7, 11) is 0. The lowest BCUT2D eigenvalue weighted by atomic mass is 10.1. The molecular formula is C14H7Br4N3O4. The molecule has 0 saturated carbocycles. The monoisotopic (exact) mass is 597 g/mol. The predicted molar refractivity (Wildman–Crippen MR) is 101 cm³/mol. The average molecular weight is 601 g/mol. The van der Waals surface area contributed by atoms with Gasteiger partial charge in [0.1, 0.15) is 6.04 Å². The molecule has 2 aromatic rings. The summed E-state index contributed by atoms with van der Waals surface area (Å²) in [5.41, 5.74) is 0.732. The van der Waals surface area contributed by atoms with Gasteiger partial charge in [-0.15, -0.1) is 0 Å². The normalized spacial score (nSPS) is 14.8. The summed E-state index contributed by atoms with van der Waals surface area (Å²) in [6, 6.07) is -1.36. The van der Waals surface area contributed by atoms with E-state index in [0.717, 1.165) is 4.90 Å². The van der Waals surface area contributed by atoms with Crippen LogP contribution in [0.15, 0.2) is 30.4 Å². The Morgan fingerprint density at radius 2 is 1.60 bits per heavy atom. The number of aromatic amines is 1. The molecule has 1 aliphatic rings. The van der Waals surface area contributed by atoms with Gasteiger partial charge < -0.3 is 10.1 Å². The van der Waals surface area contributed by atoms with Crippen molar-refractivity contribution >= 4 is 81.5 Å². The number of carbonyl (C=O) groups excluding carboxylic acids is 2. The molecule has 0 radical (unpaired) electrons. The summed E-state index contributed by atoms with van der Waals surface area (Å²) in [5, 5.41) is 9.57. The molecule has 0 aliphatic carbocycles. The maximum atomic E-state index is 12.8. The van der Waals surface area contributed by atoms with Gasteiger partial charge in [0.05, 0.1) is 17.5 Å². The number of nitrogens with one attached hydrogen (secondary N) is 1. The number of nitrogens with zero attached hydrogens (tertiary/aromatic N) is 2. The molecule has 0 unspecified atom stereocenters. The highest BCUT2D eigenvalue weighted by atomic mass is 79.9. The van der Waals surface area contributed by atoms with Gasteiger partial charge in [0.25, 0.3) is 11.8 Å². The number of amides is 2. The third kappa shape index (κ3) is 3.00. The topological polar surface area (TPSA) is 103 Å². The third-order valence-electron chi connectivity index (χ3n) is 3.70. The van der Waals surface area contributed by atoms with Crippen molar-refractivity contribution in [1.29, 1.82) is 0 Å². The van der Waals surface area contributed by atoms with Crippen molar-refractivity contribution in [3.05, 3.63) is 47.2 Å². The largest absolute Gasteiger partial charge is 0.480 e. The number of hydrogen-bond donors (Lipinski definition) is 2. The van der Waals surface area contributed by atoms with Crippen LogP contribution in [-0.4, -0.2) is 43.8 Å². The molecular weight excluding hydrogens is 594 g/mol. The highest BCUT2D eigenvalue weighted by Crippen LogP contribution is 2.45. The van der Waals surface area contributed by atoms with Crippen LogP contribution in [0.5, 0.6) is 0 Å². The summed E-state index contributed by atoms with van der Waals surface area (Å²) >= 11 is 13.3. The Bertz CT molecular complexity index is 867. The summed E-state index contributed by atoms with van der Waals surface area (Å²) in [4.78, 5) is 44.8. The Kier molecular flexibility index (Phi) is 5.20. The quantitative estimate of drug-likeness (QED) is 0.316. The van der Waals surface area contributed by atoms with Crippen LogP contribution in [0.2, 0.25) is 0 Å². The van der Waals surface area contributed by atoms with Crippen LogP contribution in [0, 0.1) is 0 Å². The molecule has 1 atom stereocenters. The number of H-pyrrole nitrogens is 1.